The van der Waals surface area contributed by atoms with E-state index in [0.29, 0.717) is 0 Å². The van der Waals surface area contributed by atoms with Crippen LogP contribution in [0, 0.1) is 5.92 Å². The molecule has 0 aromatic rings. The molecule has 0 amide bonds. The van der Waals surface area contributed by atoms with E-state index in [2.05, 4.69) is 4.74 Å². The Morgan fingerprint density at radius 2 is 1.72 bits per heavy atom. The zero-order chi connectivity index (χ0) is 14.6. The van der Waals surface area contributed by atoms with Crippen LogP contribution in [0.2, 0.25) is 0 Å². The summed E-state index contributed by atoms with van der Waals surface area (Å²) in [5.41, 5.74) is 0. The smallest absolute Gasteiger partial charge is 0.309 e. The van der Waals surface area contributed by atoms with Crippen molar-refractivity contribution < 1.29 is 35.5 Å². The molecular formula is C8H16O8S2. The largest absolute Gasteiger partial charge is 0.469 e. The molecule has 0 fully saturated rings. The van der Waals surface area contributed by atoms with E-state index >= 15 is 0 Å². The molecule has 0 radical (unpaired) electrons. The first-order valence-corrected chi connectivity index (χ1v) is 8.09. The third kappa shape index (κ3) is 6.28. The molecule has 0 rings (SSSR count). The molecule has 0 aromatic carbocycles. The predicted molar refractivity (Wildman–Crippen MR) is 62.2 cm³/mol. The van der Waals surface area contributed by atoms with Gasteiger partial charge in [0.25, 0.3) is 20.2 Å². The SMILES string of the molecule is COC(=O)C(C)C(CCCS(=O)(=O)O)S(=O)(=O)O. The first-order valence-electron chi connectivity index (χ1n) is 4.98. The van der Waals surface area contributed by atoms with Gasteiger partial charge in [-0.15, -0.1) is 0 Å². The summed E-state index contributed by atoms with van der Waals surface area (Å²) in [6, 6.07) is 0. The van der Waals surface area contributed by atoms with Crippen LogP contribution in [-0.2, 0) is 29.8 Å². The Balaban J connectivity index is 4.78. The fraction of sp³-hybridized carbons (Fsp3) is 0.875. The summed E-state index contributed by atoms with van der Waals surface area (Å²) >= 11 is 0. The van der Waals surface area contributed by atoms with Gasteiger partial charge in [0.05, 0.1) is 24.0 Å². The standard InChI is InChI=1S/C8H16O8S2/c1-6(8(9)16-2)7(18(13,14)15)4-3-5-17(10,11)12/h6-7H,3-5H2,1-2H3,(H,10,11,12)(H,13,14,15). The Morgan fingerprint density at radius 3 is 2.06 bits per heavy atom. The van der Waals surface area contributed by atoms with Crippen LogP contribution < -0.4 is 0 Å². The summed E-state index contributed by atoms with van der Waals surface area (Å²) in [7, 11) is -7.66. The van der Waals surface area contributed by atoms with Crippen LogP contribution in [-0.4, -0.2) is 50.0 Å². The van der Waals surface area contributed by atoms with Crippen molar-refractivity contribution in [2.24, 2.45) is 5.92 Å². The van der Waals surface area contributed by atoms with Crippen LogP contribution in [0.4, 0.5) is 0 Å². The molecule has 8 nitrogen and oxygen atoms in total. The minimum atomic E-state index is -4.51. The minimum absolute atomic E-state index is 0.204. The molecule has 2 unspecified atom stereocenters. The lowest BCUT2D eigenvalue weighted by molar-refractivity contribution is -0.144. The number of methoxy groups -OCH3 is 1. The van der Waals surface area contributed by atoms with Crippen LogP contribution >= 0.6 is 0 Å². The number of hydrogen-bond donors (Lipinski definition) is 2. The Hall–Kier alpha value is -0.710. The average molecular weight is 304 g/mol. The highest BCUT2D eigenvalue weighted by Crippen LogP contribution is 2.19. The quantitative estimate of drug-likeness (QED) is 0.484. The Bertz CT molecular complexity index is 477. The van der Waals surface area contributed by atoms with Gasteiger partial charge in [0, 0.05) is 0 Å². The summed E-state index contributed by atoms with van der Waals surface area (Å²) in [6.45, 7) is 1.25. The molecule has 18 heavy (non-hydrogen) atoms. The van der Waals surface area contributed by atoms with Crippen LogP contribution in [0.25, 0.3) is 0 Å². The van der Waals surface area contributed by atoms with Crippen molar-refractivity contribution in [3.63, 3.8) is 0 Å². The molecule has 0 aliphatic carbocycles. The van der Waals surface area contributed by atoms with Gasteiger partial charge in [-0.2, -0.15) is 16.8 Å². The van der Waals surface area contributed by atoms with Crippen molar-refractivity contribution >= 4 is 26.2 Å². The molecule has 0 heterocycles. The minimum Gasteiger partial charge on any atom is -0.469 e. The third-order valence-electron chi connectivity index (χ3n) is 2.40. The predicted octanol–water partition coefficient (Wildman–Crippen LogP) is -0.280. The third-order valence-corrected chi connectivity index (χ3v) is 4.62. The van der Waals surface area contributed by atoms with Gasteiger partial charge in [0.2, 0.25) is 0 Å². The molecule has 0 saturated carbocycles. The number of rotatable bonds is 7. The van der Waals surface area contributed by atoms with Crippen LogP contribution in [0.3, 0.4) is 0 Å². The number of carbonyl (C=O) groups is 1. The number of esters is 1. The fourth-order valence-corrected chi connectivity index (χ4v) is 3.08. The van der Waals surface area contributed by atoms with E-state index in [1.165, 1.54) is 6.92 Å². The van der Waals surface area contributed by atoms with E-state index in [1.54, 1.807) is 0 Å². The van der Waals surface area contributed by atoms with E-state index in [0.717, 1.165) is 7.11 Å². The van der Waals surface area contributed by atoms with Crippen molar-refractivity contribution in [3.05, 3.63) is 0 Å². The Labute approximate surface area is 106 Å². The number of carbonyl (C=O) groups excluding carboxylic acids is 1. The summed E-state index contributed by atoms with van der Waals surface area (Å²) in [6.07, 6.45) is -0.487. The molecule has 0 spiro atoms. The molecule has 0 aliphatic heterocycles. The van der Waals surface area contributed by atoms with Gasteiger partial charge in [0.1, 0.15) is 0 Å². The first-order chi connectivity index (χ1) is 7.99. The van der Waals surface area contributed by atoms with E-state index in [1.807, 2.05) is 0 Å². The van der Waals surface area contributed by atoms with Crippen LogP contribution in [0.5, 0.6) is 0 Å². The van der Waals surface area contributed by atoms with Crippen molar-refractivity contribution in [1.82, 2.24) is 0 Å². The van der Waals surface area contributed by atoms with Crippen molar-refractivity contribution in [3.8, 4) is 0 Å². The maximum absolute atomic E-state index is 11.2. The molecule has 108 valence electrons. The fourth-order valence-electron chi connectivity index (χ4n) is 1.46. The van der Waals surface area contributed by atoms with E-state index < -0.39 is 43.1 Å². The van der Waals surface area contributed by atoms with Gasteiger partial charge < -0.3 is 4.74 Å². The summed E-state index contributed by atoms with van der Waals surface area (Å²) in [5.74, 6) is -2.61. The van der Waals surface area contributed by atoms with Crippen LogP contribution in [0.1, 0.15) is 19.8 Å². The highest BCUT2D eigenvalue weighted by Gasteiger charge is 2.34. The van der Waals surface area contributed by atoms with E-state index in [4.69, 9.17) is 9.11 Å². The van der Waals surface area contributed by atoms with Crippen molar-refractivity contribution in [2.45, 2.75) is 25.0 Å². The lowest BCUT2D eigenvalue weighted by atomic mass is 10.0. The van der Waals surface area contributed by atoms with Gasteiger partial charge in [-0.3, -0.25) is 13.9 Å². The van der Waals surface area contributed by atoms with Gasteiger partial charge in [-0.25, -0.2) is 0 Å². The highest BCUT2D eigenvalue weighted by atomic mass is 32.2. The van der Waals surface area contributed by atoms with Crippen molar-refractivity contribution in [1.29, 1.82) is 0 Å². The van der Waals surface area contributed by atoms with Crippen molar-refractivity contribution in [2.75, 3.05) is 12.9 Å². The summed E-state index contributed by atoms with van der Waals surface area (Å²) < 4.78 is 64.9. The number of hydrogen-bond acceptors (Lipinski definition) is 6. The van der Waals surface area contributed by atoms with Gasteiger partial charge >= 0.3 is 5.97 Å². The number of ether oxygens (including phenoxy) is 1. The van der Waals surface area contributed by atoms with E-state index in [-0.39, 0.29) is 12.8 Å². The van der Waals surface area contributed by atoms with E-state index in [9.17, 15) is 21.6 Å². The molecule has 10 heteroatoms. The first kappa shape index (κ1) is 17.3. The zero-order valence-corrected chi connectivity index (χ0v) is 11.6. The maximum Gasteiger partial charge on any atom is 0.309 e. The second-order valence-electron chi connectivity index (χ2n) is 3.79. The maximum atomic E-state index is 11.2. The van der Waals surface area contributed by atoms with Gasteiger partial charge in [-0.1, -0.05) is 6.92 Å². The summed E-state index contributed by atoms with van der Waals surface area (Å²) in [4.78, 5) is 11.2. The molecule has 2 atom stereocenters. The average Bonchev–Trinajstić information content (AvgIpc) is 2.19. The molecule has 0 aliphatic rings. The normalized spacial score (nSPS) is 16.0. The van der Waals surface area contributed by atoms with Gasteiger partial charge in [0.15, 0.2) is 0 Å². The van der Waals surface area contributed by atoms with Gasteiger partial charge in [-0.05, 0) is 12.8 Å². The Morgan fingerprint density at radius 1 is 1.22 bits per heavy atom. The summed E-state index contributed by atoms with van der Waals surface area (Å²) in [5, 5.41) is -1.47. The monoisotopic (exact) mass is 304 g/mol. The molecule has 0 bridgehead atoms. The second kappa shape index (κ2) is 6.45. The molecule has 2 N–H and O–H groups in total. The second-order valence-corrected chi connectivity index (χ2v) is 7.00. The highest BCUT2D eigenvalue weighted by molar-refractivity contribution is 7.86. The molecule has 0 aromatic heterocycles. The molecule has 0 saturated heterocycles. The van der Waals surface area contributed by atoms with Crippen LogP contribution in [0.15, 0.2) is 0 Å². The lowest BCUT2D eigenvalue weighted by Crippen LogP contribution is -2.34. The lowest BCUT2D eigenvalue weighted by Gasteiger charge is -2.18. The zero-order valence-electron chi connectivity index (χ0n) is 9.94. The topological polar surface area (TPSA) is 135 Å². The molecular weight excluding hydrogens is 288 g/mol. The Kier molecular flexibility index (Phi) is 6.20.